The van der Waals surface area contributed by atoms with Gasteiger partial charge in [0.15, 0.2) is 14.0 Å². The Hall–Kier alpha value is -1.94. The summed E-state index contributed by atoms with van der Waals surface area (Å²) >= 11 is 0. The normalized spacial score (nSPS) is 23.7. The van der Waals surface area contributed by atoms with E-state index in [4.69, 9.17) is 13.9 Å². The summed E-state index contributed by atoms with van der Waals surface area (Å²) in [5, 5.41) is 14.5. The highest BCUT2D eigenvalue weighted by molar-refractivity contribution is 6.74. The molecule has 0 amide bonds. The van der Waals surface area contributed by atoms with Crippen LogP contribution < -0.4 is 4.73 Å². The van der Waals surface area contributed by atoms with Crippen LogP contribution in [0.25, 0.3) is 0 Å². The SMILES string of the molecule is CC(C)c1c2c(c3c([n+]1[O-])CC(C)(C)CC3O[Si](C)(C)C(C)(C)C)C1(CCOCC1)O[C@@H]2c1ccc(C(F)(F)F)cc1. The second-order valence-corrected chi connectivity index (χ2v) is 19.9. The molecule has 42 heavy (non-hydrogen) atoms. The lowest BCUT2D eigenvalue weighted by molar-refractivity contribution is -0.626. The Balaban J connectivity index is 1.80. The molecular formula is C33H46F3NO4Si. The molecule has 2 aliphatic heterocycles. The minimum atomic E-state index is -4.43. The lowest BCUT2D eigenvalue weighted by Crippen LogP contribution is -2.49. The Bertz CT molecular complexity index is 1340. The van der Waals surface area contributed by atoms with Gasteiger partial charge in [-0.25, -0.2) is 0 Å². The van der Waals surface area contributed by atoms with Gasteiger partial charge < -0.3 is 19.1 Å². The Morgan fingerprint density at radius 2 is 1.62 bits per heavy atom. The van der Waals surface area contributed by atoms with Crippen molar-refractivity contribution in [2.75, 3.05) is 13.2 Å². The van der Waals surface area contributed by atoms with Crippen LogP contribution in [0.2, 0.25) is 18.1 Å². The van der Waals surface area contributed by atoms with Gasteiger partial charge in [-0.1, -0.05) is 60.6 Å². The number of ether oxygens (including phenoxy) is 2. The third-order valence-electron chi connectivity index (χ3n) is 9.99. The highest BCUT2D eigenvalue weighted by atomic mass is 28.4. The molecule has 1 aromatic carbocycles. The summed E-state index contributed by atoms with van der Waals surface area (Å²) < 4.78 is 61.5. The number of hydrogen-bond donors (Lipinski definition) is 0. The van der Waals surface area contributed by atoms with Crippen molar-refractivity contribution in [1.82, 2.24) is 0 Å². The van der Waals surface area contributed by atoms with Crippen LogP contribution in [0, 0.1) is 10.6 Å². The van der Waals surface area contributed by atoms with E-state index in [0.717, 1.165) is 45.7 Å². The largest absolute Gasteiger partial charge is 0.618 e. The van der Waals surface area contributed by atoms with Crippen molar-refractivity contribution in [2.24, 2.45) is 5.41 Å². The van der Waals surface area contributed by atoms with Crippen LogP contribution in [-0.2, 0) is 32.1 Å². The highest BCUT2D eigenvalue weighted by Gasteiger charge is 2.56. The molecule has 232 valence electrons. The number of alkyl halides is 3. The maximum atomic E-state index is 14.5. The number of aromatic nitrogens is 1. The van der Waals surface area contributed by atoms with Crippen LogP contribution in [0.4, 0.5) is 13.2 Å². The second kappa shape index (κ2) is 10.3. The summed E-state index contributed by atoms with van der Waals surface area (Å²) in [5.41, 5.74) is 3.23. The topological polar surface area (TPSA) is 54.6 Å². The van der Waals surface area contributed by atoms with Gasteiger partial charge in [-0.2, -0.15) is 17.9 Å². The lowest BCUT2D eigenvalue weighted by Gasteiger charge is -2.45. The molecular weight excluding hydrogens is 559 g/mol. The van der Waals surface area contributed by atoms with Gasteiger partial charge in [-0.15, -0.1) is 0 Å². The van der Waals surface area contributed by atoms with Gasteiger partial charge in [0.2, 0.25) is 5.69 Å². The summed E-state index contributed by atoms with van der Waals surface area (Å²) in [5.74, 6) is -0.123. The van der Waals surface area contributed by atoms with Crippen molar-refractivity contribution in [3.8, 4) is 0 Å². The molecule has 2 aromatic rings. The quantitative estimate of drug-likeness (QED) is 0.199. The van der Waals surface area contributed by atoms with E-state index in [1.54, 1.807) is 0 Å². The number of benzene rings is 1. The zero-order valence-corrected chi connectivity index (χ0v) is 27.5. The molecule has 2 atom stereocenters. The first-order chi connectivity index (χ1) is 19.3. The predicted octanol–water partition coefficient (Wildman–Crippen LogP) is 8.62. The van der Waals surface area contributed by atoms with Gasteiger partial charge in [0.1, 0.15) is 6.10 Å². The van der Waals surface area contributed by atoms with E-state index in [1.165, 1.54) is 12.1 Å². The summed E-state index contributed by atoms with van der Waals surface area (Å²) in [6.45, 7) is 20.6. The first-order valence-corrected chi connectivity index (χ1v) is 18.1. The van der Waals surface area contributed by atoms with E-state index < -0.39 is 31.8 Å². The van der Waals surface area contributed by atoms with E-state index in [0.29, 0.717) is 43.7 Å². The van der Waals surface area contributed by atoms with E-state index in [-0.39, 0.29) is 22.5 Å². The van der Waals surface area contributed by atoms with E-state index in [9.17, 15) is 18.4 Å². The molecule has 0 radical (unpaired) electrons. The first-order valence-electron chi connectivity index (χ1n) is 15.2. The maximum Gasteiger partial charge on any atom is 0.416 e. The summed E-state index contributed by atoms with van der Waals surface area (Å²) in [6.07, 6.45) is -2.76. The molecule has 0 N–H and O–H groups in total. The van der Waals surface area contributed by atoms with Crippen LogP contribution >= 0.6 is 0 Å². The molecule has 0 saturated carbocycles. The summed E-state index contributed by atoms with van der Waals surface area (Å²) in [7, 11) is -2.26. The van der Waals surface area contributed by atoms with E-state index in [1.807, 2.05) is 13.8 Å². The van der Waals surface area contributed by atoms with Crippen LogP contribution in [0.1, 0.15) is 125 Å². The second-order valence-electron chi connectivity index (χ2n) is 15.1. The molecule has 3 heterocycles. The third-order valence-corrected chi connectivity index (χ3v) is 14.5. The number of pyridine rings is 1. The molecule has 3 aliphatic rings. The minimum absolute atomic E-state index is 0.0289. The zero-order valence-electron chi connectivity index (χ0n) is 26.5. The van der Waals surface area contributed by atoms with Gasteiger partial charge in [-0.3, -0.25) is 0 Å². The van der Waals surface area contributed by atoms with Crippen molar-refractivity contribution >= 4 is 8.32 Å². The predicted molar refractivity (Wildman–Crippen MR) is 159 cm³/mol. The summed E-state index contributed by atoms with van der Waals surface area (Å²) in [6, 6.07) is 5.22. The van der Waals surface area contributed by atoms with Gasteiger partial charge >= 0.3 is 6.18 Å². The van der Waals surface area contributed by atoms with Crippen LogP contribution in [-0.4, -0.2) is 21.5 Å². The molecule has 1 aliphatic carbocycles. The van der Waals surface area contributed by atoms with Gasteiger partial charge in [0, 0.05) is 44.0 Å². The molecule has 1 saturated heterocycles. The molecule has 1 spiro atoms. The van der Waals surface area contributed by atoms with Crippen LogP contribution in [0.3, 0.4) is 0 Å². The molecule has 5 rings (SSSR count). The Labute approximate surface area is 249 Å². The fraction of sp³-hybridized carbons (Fsp3) is 0.667. The summed E-state index contributed by atoms with van der Waals surface area (Å²) in [4.78, 5) is 0. The minimum Gasteiger partial charge on any atom is -0.618 e. The molecule has 0 bridgehead atoms. The fourth-order valence-corrected chi connectivity index (χ4v) is 8.12. The molecule has 9 heteroatoms. The van der Waals surface area contributed by atoms with Gasteiger partial charge in [0.05, 0.1) is 28.4 Å². The van der Waals surface area contributed by atoms with Crippen molar-refractivity contribution in [2.45, 2.75) is 122 Å². The fourth-order valence-electron chi connectivity index (χ4n) is 6.85. The Morgan fingerprint density at radius 3 is 2.14 bits per heavy atom. The average molecular weight is 606 g/mol. The lowest BCUT2D eigenvalue weighted by atomic mass is 9.69. The van der Waals surface area contributed by atoms with Crippen molar-refractivity contribution in [3.63, 3.8) is 0 Å². The van der Waals surface area contributed by atoms with Crippen LogP contribution in [0.15, 0.2) is 24.3 Å². The number of halogens is 3. The molecule has 5 nitrogen and oxygen atoms in total. The molecule has 1 fully saturated rings. The van der Waals surface area contributed by atoms with Crippen molar-refractivity contribution in [3.05, 3.63) is 68.7 Å². The zero-order chi connectivity index (χ0) is 31.0. The molecule has 1 aromatic heterocycles. The number of hydrogen-bond acceptors (Lipinski definition) is 4. The van der Waals surface area contributed by atoms with Crippen molar-refractivity contribution in [1.29, 1.82) is 0 Å². The monoisotopic (exact) mass is 605 g/mol. The van der Waals surface area contributed by atoms with E-state index in [2.05, 4.69) is 47.7 Å². The molecule has 1 unspecified atom stereocenters. The number of nitrogens with zero attached hydrogens (tertiary/aromatic N) is 1. The average Bonchev–Trinajstić information content (AvgIpc) is 3.16. The van der Waals surface area contributed by atoms with Crippen molar-refractivity contribution < 1.29 is 31.8 Å². The Kier molecular flexibility index (Phi) is 7.73. The number of rotatable bonds is 4. The van der Waals surface area contributed by atoms with Gasteiger partial charge in [0.25, 0.3) is 0 Å². The van der Waals surface area contributed by atoms with Crippen LogP contribution in [0.5, 0.6) is 0 Å². The smallest absolute Gasteiger partial charge is 0.416 e. The highest BCUT2D eigenvalue weighted by Crippen LogP contribution is 2.58. The van der Waals surface area contributed by atoms with Gasteiger partial charge in [-0.05, 0) is 47.7 Å². The third kappa shape index (κ3) is 5.33. The standard InChI is InChI=1S/C33H46F3NO4Si/c1-20(2)28-26-27(25-23(37(28)38)18-31(6,7)19-24(25)41-42(8,9)30(3,4)5)32(14-16-39-17-15-32)40-29(26)21-10-12-22(13-11-21)33(34,35)36/h10-13,20,24,29H,14-19H2,1-9H3/t24?,29-/m1/s1. The maximum absolute atomic E-state index is 14.5. The van der Waals surface area contributed by atoms with E-state index >= 15 is 0 Å². The Morgan fingerprint density at radius 1 is 1.02 bits per heavy atom. The number of fused-ring (bicyclic) bond motifs is 4. The first kappa shape index (κ1) is 31.5.